The smallest absolute Gasteiger partial charge is 0.412 e. The van der Waals surface area contributed by atoms with Gasteiger partial charge in [0.05, 0.1) is 19.8 Å². The standard InChI is InChI=1S/C18H33N3O6/c1-4-7-10-25-16(22)19-13-20(17(23)26-11-8-5-2)15-21(14-19)18(24)27-12-9-6-3/h4-15H2,1-3H3. The van der Waals surface area contributed by atoms with Crippen LogP contribution >= 0.6 is 0 Å². The van der Waals surface area contributed by atoms with E-state index in [9.17, 15) is 14.4 Å². The predicted octanol–water partition coefficient (Wildman–Crippen LogP) is 3.59. The fourth-order valence-corrected chi connectivity index (χ4v) is 2.28. The van der Waals surface area contributed by atoms with Crippen LogP contribution < -0.4 is 0 Å². The van der Waals surface area contributed by atoms with Crippen LogP contribution in [0.4, 0.5) is 14.4 Å². The van der Waals surface area contributed by atoms with Crippen molar-refractivity contribution in [2.75, 3.05) is 39.8 Å². The highest BCUT2D eigenvalue weighted by Crippen LogP contribution is 2.13. The second-order valence-corrected chi connectivity index (χ2v) is 6.45. The molecule has 0 saturated carbocycles. The number of nitrogens with zero attached hydrogens (tertiary/aromatic N) is 3. The zero-order valence-corrected chi connectivity index (χ0v) is 16.8. The Morgan fingerprint density at radius 3 is 1.07 bits per heavy atom. The maximum Gasteiger partial charge on any atom is 0.412 e. The molecule has 156 valence electrons. The molecule has 1 aliphatic rings. The third-order valence-electron chi connectivity index (χ3n) is 3.97. The van der Waals surface area contributed by atoms with Crippen LogP contribution in [-0.4, -0.2) is 72.8 Å². The van der Waals surface area contributed by atoms with Gasteiger partial charge in [-0.2, -0.15) is 0 Å². The highest BCUT2D eigenvalue weighted by Gasteiger charge is 2.34. The number of carbonyl (C=O) groups is 3. The molecule has 9 heteroatoms. The van der Waals surface area contributed by atoms with E-state index in [4.69, 9.17) is 14.2 Å². The Bertz CT molecular complexity index is 401. The molecule has 1 rings (SSSR count). The van der Waals surface area contributed by atoms with E-state index in [-0.39, 0.29) is 20.0 Å². The minimum Gasteiger partial charge on any atom is -0.449 e. The number of carbonyl (C=O) groups excluding carboxylic acids is 3. The summed E-state index contributed by atoms with van der Waals surface area (Å²) in [5, 5.41) is 0. The highest BCUT2D eigenvalue weighted by atomic mass is 16.6. The van der Waals surface area contributed by atoms with Crippen LogP contribution in [0.15, 0.2) is 0 Å². The molecule has 0 spiro atoms. The van der Waals surface area contributed by atoms with E-state index in [1.54, 1.807) is 0 Å². The zero-order chi connectivity index (χ0) is 20.1. The van der Waals surface area contributed by atoms with E-state index in [0.29, 0.717) is 19.8 Å². The SMILES string of the molecule is CCCCOC(=O)N1CN(C(=O)OCCCC)CN(C(=O)OCCCC)C1. The average molecular weight is 387 g/mol. The molecule has 1 aliphatic heterocycles. The lowest BCUT2D eigenvalue weighted by atomic mass is 10.4. The third-order valence-corrected chi connectivity index (χ3v) is 3.97. The summed E-state index contributed by atoms with van der Waals surface area (Å²) in [4.78, 5) is 40.7. The number of hydrogen-bond acceptors (Lipinski definition) is 6. The summed E-state index contributed by atoms with van der Waals surface area (Å²) in [5.41, 5.74) is 0. The summed E-state index contributed by atoms with van der Waals surface area (Å²) in [6, 6.07) is 0. The molecule has 0 aromatic rings. The van der Waals surface area contributed by atoms with Crippen molar-refractivity contribution >= 4 is 18.3 Å². The number of amides is 3. The lowest BCUT2D eigenvalue weighted by Gasteiger charge is -2.40. The van der Waals surface area contributed by atoms with Gasteiger partial charge in [0, 0.05) is 0 Å². The van der Waals surface area contributed by atoms with Crippen LogP contribution in [0.5, 0.6) is 0 Å². The molecule has 1 heterocycles. The quantitative estimate of drug-likeness (QED) is 0.444. The molecular weight excluding hydrogens is 354 g/mol. The summed E-state index contributed by atoms with van der Waals surface area (Å²) >= 11 is 0. The van der Waals surface area contributed by atoms with Gasteiger partial charge in [-0.05, 0) is 19.3 Å². The molecule has 0 aliphatic carbocycles. The molecule has 9 nitrogen and oxygen atoms in total. The maximum absolute atomic E-state index is 12.3. The third kappa shape index (κ3) is 8.36. The van der Waals surface area contributed by atoms with Crippen molar-refractivity contribution in [1.82, 2.24) is 14.7 Å². The van der Waals surface area contributed by atoms with Gasteiger partial charge in [-0.15, -0.1) is 0 Å². The van der Waals surface area contributed by atoms with Crippen LogP contribution in [0.25, 0.3) is 0 Å². The Balaban J connectivity index is 2.71. The lowest BCUT2D eigenvalue weighted by Crippen LogP contribution is -2.59. The molecule has 27 heavy (non-hydrogen) atoms. The van der Waals surface area contributed by atoms with Crippen LogP contribution in [0.2, 0.25) is 0 Å². The molecule has 0 radical (unpaired) electrons. The summed E-state index contributed by atoms with van der Waals surface area (Å²) in [7, 11) is 0. The Hall–Kier alpha value is -2.19. The molecule has 0 bridgehead atoms. The van der Waals surface area contributed by atoms with Crippen molar-refractivity contribution in [2.45, 2.75) is 59.3 Å². The largest absolute Gasteiger partial charge is 0.449 e. The topological polar surface area (TPSA) is 88.6 Å². The number of hydrogen-bond donors (Lipinski definition) is 0. The average Bonchev–Trinajstić information content (AvgIpc) is 2.67. The maximum atomic E-state index is 12.3. The van der Waals surface area contributed by atoms with Gasteiger partial charge in [-0.1, -0.05) is 40.0 Å². The first-order valence-electron chi connectivity index (χ1n) is 9.78. The molecule has 1 saturated heterocycles. The van der Waals surface area contributed by atoms with Crippen LogP contribution in [0, 0.1) is 0 Å². The molecule has 0 N–H and O–H groups in total. The van der Waals surface area contributed by atoms with Crippen molar-refractivity contribution in [3.8, 4) is 0 Å². The Morgan fingerprint density at radius 1 is 0.593 bits per heavy atom. The van der Waals surface area contributed by atoms with Crippen molar-refractivity contribution < 1.29 is 28.6 Å². The van der Waals surface area contributed by atoms with Gasteiger partial charge in [0.2, 0.25) is 0 Å². The first-order chi connectivity index (χ1) is 13.0. The van der Waals surface area contributed by atoms with Crippen molar-refractivity contribution in [3.05, 3.63) is 0 Å². The first kappa shape index (κ1) is 22.9. The van der Waals surface area contributed by atoms with Crippen molar-refractivity contribution in [2.24, 2.45) is 0 Å². The van der Waals surface area contributed by atoms with E-state index >= 15 is 0 Å². The molecule has 0 aromatic heterocycles. The summed E-state index contributed by atoms with van der Waals surface area (Å²) in [6.07, 6.45) is 3.26. The minimum atomic E-state index is -0.569. The fraction of sp³-hybridized carbons (Fsp3) is 0.833. The van der Waals surface area contributed by atoms with Gasteiger partial charge in [0.1, 0.15) is 20.0 Å². The van der Waals surface area contributed by atoms with Gasteiger partial charge in [0.25, 0.3) is 0 Å². The molecule has 0 atom stereocenters. The van der Waals surface area contributed by atoms with Gasteiger partial charge >= 0.3 is 18.3 Å². The van der Waals surface area contributed by atoms with Gasteiger partial charge in [0.15, 0.2) is 0 Å². The predicted molar refractivity (Wildman–Crippen MR) is 98.9 cm³/mol. The molecular formula is C18H33N3O6. The Kier molecular flexibility index (Phi) is 11.0. The minimum absolute atomic E-state index is 0.00859. The van der Waals surface area contributed by atoms with Gasteiger partial charge in [-0.25, -0.2) is 14.4 Å². The fourth-order valence-electron chi connectivity index (χ4n) is 2.28. The van der Waals surface area contributed by atoms with Crippen molar-refractivity contribution in [1.29, 1.82) is 0 Å². The molecule has 0 unspecified atom stereocenters. The van der Waals surface area contributed by atoms with Crippen LogP contribution in [-0.2, 0) is 14.2 Å². The Labute approximate surface area is 161 Å². The lowest BCUT2D eigenvalue weighted by molar-refractivity contribution is -0.0241. The van der Waals surface area contributed by atoms with Gasteiger partial charge < -0.3 is 14.2 Å². The number of rotatable bonds is 9. The summed E-state index contributed by atoms with van der Waals surface area (Å²) in [5.74, 6) is 0. The van der Waals surface area contributed by atoms with Crippen LogP contribution in [0.3, 0.4) is 0 Å². The second kappa shape index (κ2) is 13.1. The highest BCUT2D eigenvalue weighted by molar-refractivity contribution is 5.74. The normalized spacial score (nSPS) is 14.1. The molecule has 3 amide bonds. The monoisotopic (exact) mass is 387 g/mol. The van der Waals surface area contributed by atoms with Gasteiger partial charge in [-0.3, -0.25) is 14.7 Å². The second-order valence-electron chi connectivity index (χ2n) is 6.45. The van der Waals surface area contributed by atoms with E-state index < -0.39 is 18.3 Å². The summed E-state index contributed by atoms with van der Waals surface area (Å²) in [6.45, 7) is 6.91. The first-order valence-corrected chi connectivity index (χ1v) is 9.78. The molecule has 0 aromatic carbocycles. The number of ether oxygens (including phenoxy) is 3. The van der Waals surface area contributed by atoms with Crippen LogP contribution in [0.1, 0.15) is 59.3 Å². The summed E-state index contributed by atoms with van der Waals surface area (Å²) < 4.78 is 15.6. The zero-order valence-electron chi connectivity index (χ0n) is 16.8. The number of unbranched alkanes of at least 4 members (excludes halogenated alkanes) is 3. The van der Waals surface area contributed by atoms with E-state index in [1.807, 2.05) is 20.8 Å². The molecule has 1 fully saturated rings. The Morgan fingerprint density at radius 2 is 0.852 bits per heavy atom. The van der Waals surface area contributed by atoms with Crippen molar-refractivity contribution in [3.63, 3.8) is 0 Å². The van der Waals surface area contributed by atoms with E-state index in [1.165, 1.54) is 14.7 Å². The van der Waals surface area contributed by atoms with E-state index in [0.717, 1.165) is 38.5 Å². The van der Waals surface area contributed by atoms with E-state index in [2.05, 4.69) is 0 Å².